The molecule has 140 valence electrons. The molecule has 0 N–H and O–H groups in total. The summed E-state index contributed by atoms with van der Waals surface area (Å²) >= 11 is 0. The molecule has 2 aromatic rings. The van der Waals surface area contributed by atoms with Gasteiger partial charge in [0.25, 0.3) is 0 Å². The van der Waals surface area contributed by atoms with Crippen LogP contribution in [0.3, 0.4) is 0 Å². The summed E-state index contributed by atoms with van der Waals surface area (Å²) in [6, 6.07) is 3.48. The third-order valence-electron chi connectivity index (χ3n) is 3.56. The first-order valence-electron chi connectivity index (χ1n) is 7.76. The predicted octanol–water partition coefficient (Wildman–Crippen LogP) is 3.69. The minimum absolute atomic E-state index is 0.0244. The van der Waals surface area contributed by atoms with E-state index < -0.39 is 23.6 Å². The Balaban J connectivity index is 2.57. The van der Waals surface area contributed by atoms with Gasteiger partial charge in [0.2, 0.25) is 5.91 Å². The Bertz CT molecular complexity index is 781. The first-order chi connectivity index (χ1) is 12.3. The lowest BCUT2D eigenvalue weighted by Gasteiger charge is -2.25. The minimum Gasteiger partial charge on any atom is -0.383 e. The van der Waals surface area contributed by atoms with Crippen LogP contribution in [-0.2, 0) is 15.7 Å². The summed E-state index contributed by atoms with van der Waals surface area (Å²) in [5.74, 6) is -1.18. The standard InChI is InChI=1S/C17H17F4N3O2/c1-3-15(25)24(6-7-26-2)14-5-4-13(23-16(14)17(19,20)21)11-8-12(18)10-22-9-11/h4-5,8-10H,3,6-7H2,1-2H3. The van der Waals surface area contributed by atoms with Crippen LogP contribution in [0.2, 0.25) is 0 Å². The van der Waals surface area contributed by atoms with E-state index >= 15 is 0 Å². The summed E-state index contributed by atoms with van der Waals surface area (Å²) in [4.78, 5) is 20.4. The molecule has 0 spiro atoms. The van der Waals surface area contributed by atoms with E-state index in [1.165, 1.54) is 19.4 Å². The normalized spacial score (nSPS) is 11.5. The van der Waals surface area contributed by atoms with E-state index in [9.17, 15) is 22.4 Å². The second-order valence-electron chi connectivity index (χ2n) is 5.35. The molecular weight excluding hydrogens is 354 g/mol. The van der Waals surface area contributed by atoms with Crippen LogP contribution < -0.4 is 4.90 Å². The molecule has 2 rings (SSSR count). The number of carbonyl (C=O) groups is 1. The Morgan fingerprint density at radius 3 is 2.58 bits per heavy atom. The lowest BCUT2D eigenvalue weighted by molar-refractivity contribution is -0.140. The van der Waals surface area contributed by atoms with E-state index in [0.717, 1.165) is 23.2 Å². The van der Waals surface area contributed by atoms with E-state index in [1.54, 1.807) is 6.92 Å². The first kappa shape index (κ1) is 19.8. The Hall–Kier alpha value is -2.55. The number of pyridine rings is 2. The molecule has 2 aromatic heterocycles. The molecule has 26 heavy (non-hydrogen) atoms. The van der Waals surface area contributed by atoms with Crippen LogP contribution in [0.1, 0.15) is 19.0 Å². The Morgan fingerprint density at radius 2 is 2.00 bits per heavy atom. The predicted molar refractivity (Wildman–Crippen MR) is 86.9 cm³/mol. The number of hydrogen-bond acceptors (Lipinski definition) is 4. The zero-order valence-electron chi connectivity index (χ0n) is 14.2. The van der Waals surface area contributed by atoms with E-state index in [-0.39, 0.29) is 36.5 Å². The highest BCUT2D eigenvalue weighted by molar-refractivity contribution is 5.94. The zero-order valence-corrected chi connectivity index (χ0v) is 14.2. The zero-order chi connectivity index (χ0) is 19.3. The van der Waals surface area contributed by atoms with Gasteiger partial charge in [-0.25, -0.2) is 9.37 Å². The highest BCUT2D eigenvalue weighted by Gasteiger charge is 2.38. The quantitative estimate of drug-likeness (QED) is 0.727. The van der Waals surface area contributed by atoms with Gasteiger partial charge in [0.05, 0.1) is 24.2 Å². The number of anilines is 1. The van der Waals surface area contributed by atoms with Crippen molar-refractivity contribution in [2.75, 3.05) is 25.2 Å². The topological polar surface area (TPSA) is 55.3 Å². The number of amides is 1. The molecule has 0 unspecified atom stereocenters. The highest BCUT2D eigenvalue weighted by atomic mass is 19.4. The van der Waals surface area contributed by atoms with Crippen LogP contribution in [0.5, 0.6) is 0 Å². The summed E-state index contributed by atoms with van der Waals surface area (Å²) < 4.78 is 58.8. The third-order valence-corrected chi connectivity index (χ3v) is 3.56. The number of halogens is 4. The molecule has 0 saturated carbocycles. The molecule has 0 aliphatic rings. The van der Waals surface area contributed by atoms with Gasteiger partial charge in [-0.15, -0.1) is 0 Å². The van der Waals surface area contributed by atoms with E-state index in [2.05, 4.69) is 9.97 Å². The smallest absolute Gasteiger partial charge is 0.383 e. The molecule has 5 nitrogen and oxygen atoms in total. The number of ether oxygens (including phenoxy) is 1. The van der Waals surface area contributed by atoms with Gasteiger partial charge in [-0.1, -0.05) is 6.92 Å². The first-order valence-corrected chi connectivity index (χ1v) is 7.76. The van der Waals surface area contributed by atoms with E-state index in [4.69, 9.17) is 4.74 Å². The van der Waals surface area contributed by atoms with Crippen LogP contribution in [0.4, 0.5) is 23.2 Å². The lowest BCUT2D eigenvalue weighted by Crippen LogP contribution is -2.35. The van der Waals surface area contributed by atoms with Gasteiger partial charge in [0.1, 0.15) is 5.82 Å². The molecule has 0 aromatic carbocycles. The van der Waals surface area contributed by atoms with Gasteiger partial charge < -0.3 is 9.64 Å². The number of nitrogens with zero attached hydrogens (tertiary/aromatic N) is 3. The average Bonchev–Trinajstić information content (AvgIpc) is 2.61. The fourth-order valence-corrected chi connectivity index (χ4v) is 2.34. The molecule has 0 bridgehead atoms. The van der Waals surface area contributed by atoms with Gasteiger partial charge in [0, 0.05) is 31.8 Å². The molecule has 0 radical (unpaired) electrons. The SMILES string of the molecule is CCC(=O)N(CCOC)c1ccc(-c2cncc(F)c2)nc1C(F)(F)F. The molecule has 1 amide bonds. The van der Waals surface area contributed by atoms with Crippen LogP contribution in [0, 0.1) is 5.82 Å². The number of carbonyl (C=O) groups excluding carboxylic acids is 1. The number of rotatable bonds is 6. The monoisotopic (exact) mass is 371 g/mol. The summed E-state index contributed by atoms with van der Waals surface area (Å²) in [6.07, 6.45) is -2.62. The summed E-state index contributed by atoms with van der Waals surface area (Å²) in [5.41, 5.74) is -1.58. The second-order valence-corrected chi connectivity index (χ2v) is 5.35. The largest absolute Gasteiger partial charge is 0.435 e. The number of alkyl halides is 3. The van der Waals surface area contributed by atoms with Gasteiger partial charge in [-0.05, 0) is 18.2 Å². The van der Waals surface area contributed by atoms with Crippen LogP contribution in [-0.4, -0.2) is 36.1 Å². The van der Waals surface area contributed by atoms with Crippen LogP contribution in [0.25, 0.3) is 11.3 Å². The third kappa shape index (κ3) is 4.54. The van der Waals surface area contributed by atoms with Gasteiger partial charge in [-0.2, -0.15) is 13.2 Å². The molecule has 0 fully saturated rings. The minimum atomic E-state index is -4.80. The Kier molecular flexibility index (Phi) is 6.25. The summed E-state index contributed by atoms with van der Waals surface area (Å²) in [6.45, 7) is 1.57. The molecule has 9 heteroatoms. The Morgan fingerprint density at radius 1 is 1.27 bits per heavy atom. The average molecular weight is 371 g/mol. The molecule has 0 aliphatic carbocycles. The van der Waals surface area contributed by atoms with Crippen molar-refractivity contribution < 1.29 is 27.1 Å². The van der Waals surface area contributed by atoms with Crippen molar-refractivity contribution in [3.63, 3.8) is 0 Å². The molecule has 2 heterocycles. The van der Waals surface area contributed by atoms with Crippen molar-refractivity contribution in [3.05, 3.63) is 42.1 Å². The van der Waals surface area contributed by atoms with Crippen LogP contribution in [0.15, 0.2) is 30.6 Å². The van der Waals surface area contributed by atoms with E-state index in [1.807, 2.05) is 0 Å². The maximum absolute atomic E-state index is 13.6. The fraction of sp³-hybridized carbons (Fsp3) is 0.353. The van der Waals surface area contributed by atoms with Crippen molar-refractivity contribution in [1.29, 1.82) is 0 Å². The highest BCUT2D eigenvalue weighted by Crippen LogP contribution is 2.37. The van der Waals surface area contributed by atoms with Crippen molar-refractivity contribution in [2.24, 2.45) is 0 Å². The van der Waals surface area contributed by atoms with Crippen molar-refractivity contribution in [3.8, 4) is 11.3 Å². The molecular formula is C17H17F4N3O2. The maximum Gasteiger partial charge on any atom is 0.435 e. The van der Waals surface area contributed by atoms with Crippen molar-refractivity contribution in [1.82, 2.24) is 9.97 Å². The summed E-state index contributed by atoms with van der Waals surface area (Å²) in [5, 5.41) is 0. The molecule has 0 atom stereocenters. The Labute approximate surface area is 147 Å². The number of hydrogen-bond donors (Lipinski definition) is 0. The second kappa shape index (κ2) is 8.22. The maximum atomic E-state index is 13.6. The van der Waals surface area contributed by atoms with Crippen molar-refractivity contribution in [2.45, 2.75) is 19.5 Å². The van der Waals surface area contributed by atoms with Crippen molar-refractivity contribution >= 4 is 11.6 Å². The molecule has 0 saturated heterocycles. The van der Waals surface area contributed by atoms with Gasteiger partial charge in [0.15, 0.2) is 5.69 Å². The number of methoxy groups -OCH3 is 1. The van der Waals surface area contributed by atoms with E-state index in [0.29, 0.717) is 0 Å². The fourth-order valence-electron chi connectivity index (χ4n) is 2.34. The van der Waals surface area contributed by atoms with Gasteiger partial charge >= 0.3 is 6.18 Å². The molecule has 0 aliphatic heterocycles. The number of aromatic nitrogens is 2. The van der Waals surface area contributed by atoms with Gasteiger partial charge in [-0.3, -0.25) is 9.78 Å². The summed E-state index contributed by atoms with van der Waals surface area (Å²) in [7, 11) is 1.39. The van der Waals surface area contributed by atoms with Crippen LogP contribution >= 0.6 is 0 Å². The lowest BCUT2D eigenvalue weighted by atomic mass is 10.1.